The molecule has 122 valence electrons. The molecule has 1 unspecified atom stereocenters. The van der Waals surface area contributed by atoms with Crippen molar-refractivity contribution < 1.29 is 32.2 Å². The number of rotatable bonds is 11. The topological polar surface area (TPSA) is 52.6 Å². The molecule has 21 heavy (non-hydrogen) atoms. The zero-order valence-corrected chi connectivity index (χ0v) is 12.0. The lowest BCUT2D eigenvalue weighted by Crippen LogP contribution is -2.19. The van der Waals surface area contributed by atoms with E-state index in [9.17, 15) is 22.8 Å². The zero-order valence-electron chi connectivity index (χ0n) is 12.0. The first-order chi connectivity index (χ1) is 9.97. The second-order valence-corrected chi connectivity index (χ2v) is 4.39. The highest BCUT2D eigenvalue weighted by Crippen LogP contribution is 2.07. The Labute approximate surface area is 122 Å². The SMILES string of the molecule is CCCCCCCCOC(=O)C=CC(=O)OC(F)C(F)F. The summed E-state index contributed by atoms with van der Waals surface area (Å²) in [5.74, 6) is -2.16. The van der Waals surface area contributed by atoms with Crippen molar-refractivity contribution in [2.75, 3.05) is 6.61 Å². The van der Waals surface area contributed by atoms with Crippen LogP contribution in [-0.4, -0.2) is 31.3 Å². The number of esters is 2. The Morgan fingerprint density at radius 1 is 0.952 bits per heavy atom. The minimum absolute atomic E-state index is 0.215. The van der Waals surface area contributed by atoms with Gasteiger partial charge in [-0.1, -0.05) is 39.0 Å². The van der Waals surface area contributed by atoms with Gasteiger partial charge in [0.25, 0.3) is 0 Å². The smallest absolute Gasteiger partial charge is 0.333 e. The number of alkyl halides is 3. The fourth-order valence-electron chi connectivity index (χ4n) is 1.44. The van der Waals surface area contributed by atoms with Crippen LogP contribution in [-0.2, 0) is 19.1 Å². The third-order valence-corrected chi connectivity index (χ3v) is 2.52. The molecule has 0 aromatic rings. The highest BCUT2D eigenvalue weighted by molar-refractivity contribution is 5.91. The third-order valence-electron chi connectivity index (χ3n) is 2.52. The predicted molar refractivity (Wildman–Crippen MR) is 70.5 cm³/mol. The van der Waals surface area contributed by atoms with Gasteiger partial charge in [0.2, 0.25) is 0 Å². The standard InChI is InChI=1S/C14H21F3O4/c1-2-3-4-5-6-7-10-20-11(18)8-9-12(19)21-14(17)13(15)16/h8-9,13-14H,2-7,10H2,1H3. The second kappa shape index (κ2) is 12.2. The molecule has 7 heteroatoms. The number of halogens is 3. The summed E-state index contributed by atoms with van der Waals surface area (Å²) in [7, 11) is 0. The van der Waals surface area contributed by atoms with Crippen molar-refractivity contribution in [3.05, 3.63) is 12.2 Å². The summed E-state index contributed by atoms with van der Waals surface area (Å²) in [6.45, 7) is 2.33. The maximum atomic E-state index is 12.3. The van der Waals surface area contributed by atoms with E-state index < -0.39 is 24.7 Å². The first kappa shape index (κ1) is 19.5. The Bertz CT molecular complexity index is 332. The normalized spacial score (nSPS) is 12.6. The molecule has 0 spiro atoms. The van der Waals surface area contributed by atoms with Gasteiger partial charge in [0.1, 0.15) is 0 Å². The second-order valence-electron chi connectivity index (χ2n) is 4.39. The van der Waals surface area contributed by atoms with Crippen LogP contribution in [0.15, 0.2) is 12.2 Å². The lowest BCUT2D eigenvalue weighted by atomic mass is 10.1. The first-order valence-corrected chi connectivity index (χ1v) is 6.95. The van der Waals surface area contributed by atoms with E-state index in [4.69, 9.17) is 4.74 Å². The molecule has 0 saturated heterocycles. The van der Waals surface area contributed by atoms with E-state index in [-0.39, 0.29) is 6.61 Å². The lowest BCUT2D eigenvalue weighted by Gasteiger charge is -2.06. The van der Waals surface area contributed by atoms with Crippen molar-refractivity contribution in [2.24, 2.45) is 0 Å². The highest BCUT2D eigenvalue weighted by Gasteiger charge is 2.22. The van der Waals surface area contributed by atoms with Crippen LogP contribution in [0.2, 0.25) is 0 Å². The summed E-state index contributed by atoms with van der Waals surface area (Å²) in [5, 5.41) is 0. The summed E-state index contributed by atoms with van der Waals surface area (Å²) in [5.41, 5.74) is 0. The number of hydrogen-bond acceptors (Lipinski definition) is 4. The number of carbonyl (C=O) groups excluding carboxylic acids is 2. The Balaban J connectivity index is 3.69. The number of hydrogen-bond donors (Lipinski definition) is 0. The molecule has 1 atom stereocenters. The van der Waals surface area contributed by atoms with Gasteiger partial charge in [-0.05, 0) is 6.42 Å². The molecule has 0 aromatic carbocycles. The molecular weight excluding hydrogens is 289 g/mol. The van der Waals surface area contributed by atoms with E-state index in [1.54, 1.807) is 0 Å². The molecule has 0 saturated carbocycles. The van der Waals surface area contributed by atoms with Crippen LogP contribution in [0.1, 0.15) is 45.4 Å². The minimum Gasteiger partial charge on any atom is -0.463 e. The predicted octanol–water partition coefficient (Wildman–Crippen LogP) is 3.55. The van der Waals surface area contributed by atoms with Crippen LogP contribution in [0.25, 0.3) is 0 Å². The van der Waals surface area contributed by atoms with E-state index >= 15 is 0 Å². The summed E-state index contributed by atoms with van der Waals surface area (Å²) in [6, 6.07) is 0. The largest absolute Gasteiger partial charge is 0.463 e. The van der Waals surface area contributed by atoms with Crippen molar-refractivity contribution >= 4 is 11.9 Å². The van der Waals surface area contributed by atoms with Crippen molar-refractivity contribution in [3.63, 3.8) is 0 Å². The maximum absolute atomic E-state index is 12.3. The van der Waals surface area contributed by atoms with Crippen LogP contribution in [0.3, 0.4) is 0 Å². The average molecular weight is 310 g/mol. The lowest BCUT2D eigenvalue weighted by molar-refractivity contribution is -0.168. The summed E-state index contributed by atoms with van der Waals surface area (Å²) < 4.78 is 44.3. The quantitative estimate of drug-likeness (QED) is 0.333. The van der Waals surface area contributed by atoms with E-state index in [0.29, 0.717) is 12.5 Å². The van der Waals surface area contributed by atoms with Crippen LogP contribution < -0.4 is 0 Å². The summed E-state index contributed by atoms with van der Waals surface area (Å²) in [6.07, 6.45) is 1.06. The van der Waals surface area contributed by atoms with E-state index in [1.165, 1.54) is 6.42 Å². The molecule has 0 N–H and O–H groups in total. The van der Waals surface area contributed by atoms with Gasteiger partial charge in [0.15, 0.2) is 0 Å². The highest BCUT2D eigenvalue weighted by atomic mass is 19.3. The molecule has 4 nitrogen and oxygen atoms in total. The Kier molecular flexibility index (Phi) is 11.3. The monoisotopic (exact) mass is 310 g/mol. The maximum Gasteiger partial charge on any atom is 0.333 e. The molecule has 0 aliphatic carbocycles. The molecule has 0 bridgehead atoms. The minimum atomic E-state index is -3.41. The van der Waals surface area contributed by atoms with Gasteiger partial charge >= 0.3 is 24.7 Å². The number of unbranched alkanes of at least 4 members (excludes halogenated alkanes) is 5. The van der Waals surface area contributed by atoms with E-state index in [0.717, 1.165) is 31.8 Å². The molecule has 0 fully saturated rings. The molecule has 0 aliphatic heterocycles. The van der Waals surface area contributed by atoms with E-state index in [1.807, 2.05) is 0 Å². The van der Waals surface area contributed by atoms with Crippen LogP contribution in [0.4, 0.5) is 13.2 Å². The molecule has 0 aliphatic rings. The van der Waals surface area contributed by atoms with Gasteiger partial charge in [0.05, 0.1) is 6.61 Å². The van der Waals surface area contributed by atoms with Gasteiger partial charge in [-0.2, -0.15) is 4.39 Å². The zero-order chi connectivity index (χ0) is 16.1. The molecule has 0 rings (SSSR count). The van der Waals surface area contributed by atoms with Gasteiger partial charge in [0, 0.05) is 12.2 Å². The molecule has 0 aromatic heterocycles. The van der Waals surface area contributed by atoms with Crippen LogP contribution in [0.5, 0.6) is 0 Å². The van der Waals surface area contributed by atoms with E-state index in [2.05, 4.69) is 11.7 Å². The van der Waals surface area contributed by atoms with Gasteiger partial charge in [-0.15, -0.1) is 0 Å². The Morgan fingerprint density at radius 3 is 2.14 bits per heavy atom. The van der Waals surface area contributed by atoms with Gasteiger partial charge < -0.3 is 9.47 Å². The molecular formula is C14H21F3O4. The Morgan fingerprint density at radius 2 is 1.52 bits per heavy atom. The summed E-state index contributed by atoms with van der Waals surface area (Å²) in [4.78, 5) is 22.0. The van der Waals surface area contributed by atoms with Crippen molar-refractivity contribution in [2.45, 2.75) is 58.2 Å². The van der Waals surface area contributed by atoms with Crippen molar-refractivity contribution in [1.82, 2.24) is 0 Å². The Hall–Kier alpha value is -1.53. The van der Waals surface area contributed by atoms with Gasteiger partial charge in [-0.3, -0.25) is 0 Å². The van der Waals surface area contributed by atoms with Crippen LogP contribution in [0, 0.1) is 0 Å². The first-order valence-electron chi connectivity index (χ1n) is 6.95. The average Bonchev–Trinajstić information content (AvgIpc) is 2.44. The van der Waals surface area contributed by atoms with Crippen molar-refractivity contribution in [1.29, 1.82) is 0 Å². The molecule has 0 amide bonds. The number of ether oxygens (including phenoxy) is 2. The molecule has 0 radical (unpaired) electrons. The fourth-order valence-corrected chi connectivity index (χ4v) is 1.44. The third kappa shape index (κ3) is 12.0. The van der Waals surface area contributed by atoms with Crippen LogP contribution >= 0.6 is 0 Å². The van der Waals surface area contributed by atoms with Crippen molar-refractivity contribution in [3.8, 4) is 0 Å². The molecule has 0 heterocycles. The van der Waals surface area contributed by atoms with Gasteiger partial charge in [-0.25, -0.2) is 18.4 Å². The fraction of sp³-hybridized carbons (Fsp3) is 0.714. The number of carbonyl (C=O) groups is 2. The summed E-state index contributed by atoms with van der Waals surface area (Å²) >= 11 is 0.